The lowest BCUT2D eigenvalue weighted by Gasteiger charge is -2.42. The summed E-state index contributed by atoms with van der Waals surface area (Å²) in [6, 6.07) is 0. The highest BCUT2D eigenvalue weighted by atomic mass is 16.6. The average molecular weight is 374 g/mol. The molecule has 1 aliphatic heterocycles. The zero-order valence-electron chi connectivity index (χ0n) is 15.6. The molecule has 1 saturated carbocycles. The monoisotopic (exact) mass is 374 g/mol. The minimum Gasteiger partial charge on any atom is -0.393 e. The normalized spacial score (nSPS) is 47.6. The highest BCUT2D eigenvalue weighted by Crippen LogP contribution is 2.38. The number of rotatable bonds is 1. The van der Waals surface area contributed by atoms with E-state index in [1.165, 1.54) is 6.08 Å². The van der Waals surface area contributed by atoms with Crippen molar-refractivity contribution in [1.82, 2.24) is 0 Å². The Morgan fingerprint density at radius 3 is 2.42 bits per heavy atom. The fourth-order valence-electron chi connectivity index (χ4n) is 4.15. The maximum atomic E-state index is 10.6. The zero-order chi connectivity index (χ0) is 19.3. The van der Waals surface area contributed by atoms with E-state index in [9.17, 15) is 25.5 Å². The van der Waals surface area contributed by atoms with Crippen LogP contribution in [0.4, 0.5) is 0 Å². The summed E-state index contributed by atoms with van der Waals surface area (Å²) < 4.78 is 11.1. The predicted octanol–water partition coefficient (Wildman–Crippen LogP) is 0.325. The van der Waals surface area contributed by atoms with Crippen LogP contribution < -0.4 is 0 Å². The third kappa shape index (κ3) is 5.73. The van der Waals surface area contributed by atoms with Gasteiger partial charge in [0.15, 0.2) is 6.29 Å². The Morgan fingerprint density at radius 2 is 1.73 bits per heavy atom. The molecule has 0 aromatic carbocycles. The molecule has 7 unspecified atom stereocenters. The topological polar surface area (TPSA) is 120 Å². The fourth-order valence-corrected chi connectivity index (χ4v) is 4.15. The first-order chi connectivity index (χ1) is 12.3. The van der Waals surface area contributed by atoms with Crippen molar-refractivity contribution in [2.75, 3.05) is 7.11 Å². The number of hydrogen-bond acceptors (Lipinski definition) is 7. The Bertz CT molecular complexity index is 444. The van der Waals surface area contributed by atoms with E-state index in [2.05, 4.69) is 0 Å². The molecule has 9 atom stereocenters. The molecule has 5 N–H and O–H groups in total. The molecule has 0 aromatic rings. The summed E-state index contributed by atoms with van der Waals surface area (Å²) in [6.07, 6.45) is 0.683. The molecule has 152 valence electrons. The molecule has 0 aromatic heterocycles. The van der Waals surface area contributed by atoms with E-state index >= 15 is 0 Å². The Labute approximate surface area is 155 Å². The Balaban J connectivity index is 2.16. The summed E-state index contributed by atoms with van der Waals surface area (Å²) in [5, 5.41) is 51.2. The van der Waals surface area contributed by atoms with Gasteiger partial charge in [0.05, 0.1) is 24.4 Å². The summed E-state index contributed by atoms with van der Waals surface area (Å²) in [5.41, 5.74) is 0. The highest BCUT2D eigenvalue weighted by molar-refractivity contribution is 4.96. The molecule has 26 heavy (non-hydrogen) atoms. The van der Waals surface area contributed by atoms with Gasteiger partial charge in [-0.1, -0.05) is 18.6 Å². The summed E-state index contributed by atoms with van der Waals surface area (Å²) in [4.78, 5) is 0. The van der Waals surface area contributed by atoms with Crippen LogP contribution in [-0.4, -0.2) is 75.6 Å². The van der Waals surface area contributed by atoms with Crippen molar-refractivity contribution in [2.45, 2.75) is 88.4 Å². The summed E-state index contributed by atoms with van der Waals surface area (Å²) >= 11 is 0. The number of aliphatic hydroxyl groups excluding tert-OH is 5. The van der Waals surface area contributed by atoms with Crippen molar-refractivity contribution in [2.24, 2.45) is 11.8 Å². The molecule has 1 aliphatic carbocycles. The largest absolute Gasteiger partial charge is 0.393 e. The molecule has 7 nitrogen and oxygen atoms in total. The van der Waals surface area contributed by atoms with Crippen molar-refractivity contribution in [1.29, 1.82) is 0 Å². The van der Waals surface area contributed by atoms with Crippen LogP contribution in [0.3, 0.4) is 0 Å². The summed E-state index contributed by atoms with van der Waals surface area (Å²) in [5.74, 6) is -0.429. The van der Waals surface area contributed by atoms with Crippen molar-refractivity contribution in [3.63, 3.8) is 0 Å². The Kier molecular flexibility index (Phi) is 8.47. The average Bonchev–Trinajstić information content (AvgIpc) is 2.59. The van der Waals surface area contributed by atoms with E-state index < -0.39 is 36.6 Å². The molecular weight excluding hydrogens is 340 g/mol. The van der Waals surface area contributed by atoms with Crippen LogP contribution in [0.5, 0.6) is 0 Å². The van der Waals surface area contributed by atoms with E-state index in [1.54, 1.807) is 20.1 Å². The van der Waals surface area contributed by atoms with E-state index in [0.717, 1.165) is 0 Å². The van der Waals surface area contributed by atoms with Gasteiger partial charge >= 0.3 is 0 Å². The van der Waals surface area contributed by atoms with Crippen LogP contribution in [0.25, 0.3) is 0 Å². The molecule has 1 fully saturated rings. The second-order valence-electron chi connectivity index (χ2n) is 7.71. The van der Waals surface area contributed by atoms with Gasteiger partial charge in [-0.2, -0.15) is 0 Å². The van der Waals surface area contributed by atoms with Gasteiger partial charge in [-0.15, -0.1) is 0 Å². The van der Waals surface area contributed by atoms with Gasteiger partial charge in [-0.3, -0.25) is 0 Å². The molecule has 0 amide bonds. The van der Waals surface area contributed by atoms with Crippen LogP contribution in [-0.2, 0) is 9.47 Å². The maximum absolute atomic E-state index is 10.6. The van der Waals surface area contributed by atoms with Crippen LogP contribution in [0.1, 0.15) is 45.4 Å². The molecule has 0 spiro atoms. The molecule has 2 aliphatic rings. The first-order valence-electron chi connectivity index (χ1n) is 9.58. The van der Waals surface area contributed by atoms with Crippen molar-refractivity contribution < 1.29 is 35.0 Å². The van der Waals surface area contributed by atoms with Gasteiger partial charge in [0.25, 0.3) is 0 Å². The second kappa shape index (κ2) is 10.1. The molecule has 2 rings (SSSR count). The fraction of sp³-hybridized carbons (Fsp3) is 0.895. The van der Waals surface area contributed by atoms with Gasteiger partial charge in [-0.25, -0.2) is 0 Å². The zero-order valence-corrected chi connectivity index (χ0v) is 15.6. The van der Waals surface area contributed by atoms with Crippen LogP contribution in [0, 0.1) is 11.8 Å². The minimum atomic E-state index is -1.24. The molecule has 0 bridgehead atoms. The van der Waals surface area contributed by atoms with Crippen LogP contribution >= 0.6 is 0 Å². The van der Waals surface area contributed by atoms with Crippen molar-refractivity contribution in [3.05, 3.63) is 12.2 Å². The molecule has 0 radical (unpaired) electrons. The summed E-state index contributed by atoms with van der Waals surface area (Å²) in [7, 11) is 1.61. The number of methoxy groups -OCH3 is 1. The lowest BCUT2D eigenvalue weighted by Crippen LogP contribution is -2.47. The third-order valence-corrected chi connectivity index (χ3v) is 5.71. The number of aliphatic hydroxyl groups is 5. The second-order valence-corrected chi connectivity index (χ2v) is 7.71. The van der Waals surface area contributed by atoms with Gasteiger partial charge < -0.3 is 35.0 Å². The SMILES string of the molecule is COC1CC(O)C2C(CCC[C@@H](O)[C@@H](O)C(O)/C=C\CC(C)OC2O)C1. The van der Waals surface area contributed by atoms with E-state index in [4.69, 9.17) is 9.47 Å². The van der Waals surface area contributed by atoms with Crippen LogP contribution in [0.15, 0.2) is 12.2 Å². The number of ether oxygens (including phenoxy) is 2. The summed E-state index contributed by atoms with van der Waals surface area (Å²) in [6.45, 7) is 1.80. The lowest BCUT2D eigenvalue weighted by atomic mass is 9.73. The van der Waals surface area contributed by atoms with E-state index in [0.29, 0.717) is 38.5 Å². The standard InChI is InChI=1S/C19H34O7/c1-11-5-3-7-14(20)18(23)15(21)8-4-6-12-9-13(25-2)10-16(22)17(12)19(24)26-11/h3,7,11-24H,4-6,8-10H2,1-2H3/b7-3-/t11?,12?,13?,14?,15-,16?,17?,18+,19?/m1/s1. The molecule has 1 heterocycles. The van der Waals surface area contributed by atoms with E-state index in [-0.39, 0.29) is 18.1 Å². The third-order valence-electron chi connectivity index (χ3n) is 5.71. The first kappa shape index (κ1) is 21.8. The van der Waals surface area contributed by atoms with Gasteiger partial charge in [0.2, 0.25) is 0 Å². The first-order valence-corrected chi connectivity index (χ1v) is 9.58. The van der Waals surface area contributed by atoms with E-state index in [1.807, 2.05) is 0 Å². The molecule has 0 saturated heterocycles. The number of hydrogen-bond donors (Lipinski definition) is 5. The molecule has 7 heteroatoms. The van der Waals surface area contributed by atoms with Gasteiger partial charge in [-0.05, 0) is 44.9 Å². The van der Waals surface area contributed by atoms with Gasteiger partial charge in [0, 0.05) is 13.0 Å². The Morgan fingerprint density at radius 1 is 1.00 bits per heavy atom. The smallest absolute Gasteiger partial charge is 0.160 e. The highest BCUT2D eigenvalue weighted by Gasteiger charge is 2.42. The Hall–Kier alpha value is -0.540. The van der Waals surface area contributed by atoms with Crippen molar-refractivity contribution in [3.8, 4) is 0 Å². The molecular formula is C19H34O7. The lowest BCUT2D eigenvalue weighted by molar-refractivity contribution is -0.209. The number of fused-ring (bicyclic) bond motifs is 1. The quantitative estimate of drug-likeness (QED) is 0.420. The predicted molar refractivity (Wildman–Crippen MR) is 95.2 cm³/mol. The van der Waals surface area contributed by atoms with Crippen molar-refractivity contribution >= 4 is 0 Å². The minimum absolute atomic E-state index is 0.0151. The van der Waals surface area contributed by atoms with Gasteiger partial charge in [0.1, 0.15) is 12.2 Å². The van der Waals surface area contributed by atoms with Crippen LogP contribution in [0.2, 0.25) is 0 Å². The maximum Gasteiger partial charge on any atom is 0.160 e.